The highest BCUT2D eigenvalue weighted by Gasteiger charge is 2.34. The first kappa shape index (κ1) is 13.4. The molecule has 1 fully saturated rings. The Hall–Kier alpha value is 0.310. The third kappa shape index (κ3) is 4.36. The van der Waals surface area contributed by atoms with E-state index < -0.39 is 0 Å². The minimum atomic E-state index is 0.520. The van der Waals surface area contributed by atoms with Gasteiger partial charge in [0.25, 0.3) is 0 Å². The Morgan fingerprint density at radius 2 is 2.20 bits per heavy atom. The van der Waals surface area contributed by atoms with Crippen LogP contribution in [-0.2, 0) is 0 Å². The fourth-order valence-corrected chi connectivity index (χ4v) is 3.28. The zero-order valence-corrected chi connectivity index (χ0v) is 11.6. The van der Waals surface area contributed by atoms with Gasteiger partial charge >= 0.3 is 0 Å². The SMILES string of the molecule is CCSCCC(C)NC1CCCC1(C)C. The van der Waals surface area contributed by atoms with Gasteiger partial charge in [0.05, 0.1) is 0 Å². The van der Waals surface area contributed by atoms with Gasteiger partial charge in [0, 0.05) is 12.1 Å². The summed E-state index contributed by atoms with van der Waals surface area (Å²) in [5.41, 5.74) is 0.520. The molecule has 0 heterocycles. The van der Waals surface area contributed by atoms with E-state index in [1.807, 2.05) is 0 Å². The van der Waals surface area contributed by atoms with Crippen LogP contribution in [0.1, 0.15) is 53.4 Å². The first-order valence-corrected chi connectivity index (χ1v) is 7.55. The van der Waals surface area contributed by atoms with Crippen LogP contribution in [0.5, 0.6) is 0 Å². The van der Waals surface area contributed by atoms with E-state index in [1.165, 1.54) is 37.2 Å². The smallest absolute Gasteiger partial charge is 0.0121 e. The van der Waals surface area contributed by atoms with Crippen molar-refractivity contribution in [2.24, 2.45) is 5.41 Å². The normalized spacial score (nSPS) is 26.8. The Morgan fingerprint density at radius 1 is 1.47 bits per heavy atom. The molecule has 2 unspecified atom stereocenters. The molecule has 0 saturated heterocycles. The molecule has 0 radical (unpaired) electrons. The third-order valence-corrected chi connectivity index (χ3v) is 4.57. The van der Waals surface area contributed by atoms with E-state index in [0.717, 1.165) is 6.04 Å². The van der Waals surface area contributed by atoms with Crippen LogP contribution < -0.4 is 5.32 Å². The molecule has 0 amide bonds. The molecule has 0 aliphatic heterocycles. The second-order valence-electron chi connectivity index (χ2n) is 5.49. The van der Waals surface area contributed by atoms with E-state index in [0.29, 0.717) is 11.5 Å². The first-order valence-electron chi connectivity index (χ1n) is 6.40. The van der Waals surface area contributed by atoms with Gasteiger partial charge in [-0.05, 0) is 43.1 Å². The summed E-state index contributed by atoms with van der Waals surface area (Å²) in [6.07, 6.45) is 5.48. The Bertz CT molecular complexity index is 179. The topological polar surface area (TPSA) is 12.0 Å². The standard InChI is InChI=1S/C13H27NS/c1-5-15-10-8-11(2)14-12-7-6-9-13(12,3)4/h11-12,14H,5-10H2,1-4H3. The second kappa shape index (κ2) is 6.15. The number of nitrogens with one attached hydrogen (secondary N) is 1. The highest BCUT2D eigenvalue weighted by atomic mass is 32.2. The highest BCUT2D eigenvalue weighted by molar-refractivity contribution is 7.99. The molecular formula is C13H27NS. The summed E-state index contributed by atoms with van der Waals surface area (Å²) in [6, 6.07) is 1.44. The van der Waals surface area contributed by atoms with Crippen LogP contribution >= 0.6 is 11.8 Å². The zero-order valence-electron chi connectivity index (χ0n) is 10.8. The van der Waals surface area contributed by atoms with E-state index in [4.69, 9.17) is 0 Å². The molecule has 0 aromatic heterocycles. The van der Waals surface area contributed by atoms with Crippen molar-refractivity contribution in [2.75, 3.05) is 11.5 Å². The number of thioether (sulfide) groups is 1. The molecular weight excluding hydrogens is 202 g/mol. The monoisotopic (exact) mass is 229 g/mol. The lowest BCUT2D eigenvalue weighted by molar-refractivity contribution is 0.264. The summed E-state index contributed by atoms with van der Waals surface area (Å²) in [4.78, 5) is 0. The van der Waals surface area contributed by atoms with Crippen molar-refractivity contribution < 1.29 is 0 Å². The average molecular weight is 229 g/mol. The van der Waals surface area contributed by atoms with Gasteiger partial charge in [0.2, 0.25) is 0 Å². The van der Waals surface area contributed by atoms with Gasteiger partial charge in [-0.1, -0.05) is 27.2 Å². The maximum atomic E-state index is 3.81. The second-order valence-corrected chi connectivity index (χ2v) is 6.88. The molecule has 1 nitrogen and oxygen atoms in total. The fraction of sp³-hybridized carbons (Fsp3) is 1.00. The maximum absolute atomic E-state index is 3.81. The molecule has 2 heteroatoms. The molecule has 1 saturated carbocycles. The molecule has 0 aromatic carbocycles. The lowest BCUT2D eigenvalue weighted by atomic mass is 9.87. The van der Waals surface area contributed by atoms with Crippen LogP contribution in [0.2, 0.25) is 0 Å². The van der Waals surface area contributed by atoms with E-state index in [1.54, 1.807) is 0 Å². The minimum absolute atomic E-state index is 0.520. The summed E-state index contributed by atoms with van der Waals surface area (Å²) in [6.45, 7) is 9.39. The summed E-state index contributed by atoms with van der Waals surface area (Å²) in [5, 5.41) is 3.81. The van der Waals surface area contributed by atoms with Crippen molar-refractivity contribution in [3.05, 3.63) is 0 Å². The number of rotatable bonds is 6. The van der Waals surface area contributed by atoms with Gasteiger partial charge in [0.1, 0.15) is 0 Å². The van der Waals surface area contributed by atoms with E-state index in [9.17, 15) is 0 Å². The third-order valence-electron chi connectivity index (χ3n) is 3.64. The van der Waals surface area contributed by atoms with Gasteiger partial charge in [-0.3, -0.25) is 0 Å². The molecule has 0 spiro atoms. The molecule has 1 aliphatic carbocycles. The van der Waals surface area contributed by atoms with E-state index in [2.05, 4.69) is 44.8 Å². The number of hydrogen-bond acceptors (Lipinski definition) is 2. The maximum Gasteiger partial charge on any atom is 0.0121 e. The quantitative estimate of drug-likeness (QED) is 0.697. The Balaban J connectivity index is 2.22. The predicted octanol–water partition coefficient (Wildman–Crippen LogP) is 3.69. The Morgan fingerprint density at radius 3 is 2.73 bits per heavy atom. The van der Waals surface area contributed by atoms with Gasteiger partial charge in [0.15, 0.2) is 0 Å². The predicted molar refractivity (Wildman–Crippen MR) is 71.6 cm³/mol. The summed E-state index contributed by atoms with van der Waals surface area (Å²) < 4.78 is 0. The van der Waals surface area contributed by atoms with Crippen LogP contribution in [0.15, 0.2) is 0 Å². The zero-order chi connectivity index (χ0) is 11.3. The Labute approximate surface area is 99.8 Å². The van der Waals surface area contributed by atoms with Crippen molar-refractivity contribution >= 4 is 11.8 Å². The van der Waals surface area contributed by atoms with Crippen LogP contribution in [0.25, 0.3) is 0 Å². The molecule has 1 N–H and O–H groups in total. The lowest BCUT2D eigenvalue weighted by Gasteiger charge is -2.30. The molecule has 0 bridgehead atoms. The first-order chi connectivity index (χ1) is 7.06. The van der Waals surface area contributed by atoms with Crippen LogP contribution in [0, 0.1) is 5.41 Å². The van der Waals surface area contributed by atoms with Crippen molar-refractivity contribution in [3.8, 4) is 0 Å². The molecule has 1 rings (SSSR count). The molecule has 15 heavy (non-hydrogen) atoms. The largest absolute Gasteiger partial charge is 0.311 e. The van der Waals surface area contributed by atoms with Gasteiger partial charge in [-0.25, -0.2) is 0 Å². The highest BCUT2D eigenvalue weighted by Crippen LogP contribution is 2.37. The van der Waals surface area contributed by atoms with Gasteiger partial charge in [-0.2, -0.15) is 11.8 Å². The lowest BCUT2D eigenvalue weighted by Crippen LogP contribution is -2.42. The molecule has 90 valence electrons. The van der Waals surface area contributed by atoms with Crippen molar-refractivity contribution in [1.29, 1.82) is 0 Å². The van der Waals surface area contributed by atoms with Crippen LogP contribution in [0.4, 0.5) is 0 Å². The summed E-state index contributed by atoms with van der Waals surface area (Å²) in [5.74, 6) is 2.56. The molecule has 0 aromatic rings. The summed E-state index contributed by atoms with van der Waals surface area (Å²) in [7, 11) is 0. The minimum Gasteiger partial charge on any atom is -0.311 e. The van der Waals surface area contributed by atoms with E-state index in [-0.39, 0.29) is 0 Å². The average Bonchev–Trinajstić information content (AvgIpc) is 2.46. The van der Waals surface area contributed by atoms with Crippen molar-refractivity contribution in [2.45, 2.75) is 65.5 Å². The molecule has 1 aliphatic rings. The summed E-state index contributed by atoms with van der Waals surface area (Å²) >= 11 is 2.05. The van der Waals surface area contributed by atoms with Crippen molar-refractivity contribution in [1.82, 2.24) is 5.32 Å². The Kier molecular flexibility index (Phi) is 5.48. The van der Waals surface area contributed by atoms with Crippen LogP contribution in [-0.4, -0.2) is 23.6 Å². The fourth-order valence-electron chi connectivity index (χ4n) is 2.47. The molecule has 2 atom stereocenters. The van der Waals surface area contributed by atoms with E-state index >= 15 is 0 Å². The van der Waals surface area contributed by atoms with Crippen LogP contribution in [0.3, 0.4) is 0 Å². The van der Waals surface area contributed by atoms with Gasteiger partial charge in [-0.15, -0.1) is 0 Å². The van der Waals surface area contributed by atoms with Gasteiger partial charge < -0.3 is 5.32 Å². The number of hydrogen-bond donors (Lipinski definition) is 1. The van der Waals surface area contributed by atoms with Crippen molar-refractivity contribution in [3.63, 3.8) is 0 Å².